The average molecular weight is 836 g/mol. The summed E-state index contributed by atoms with van der Waals surface area (Å²) in [4.78, 5) is 15.9. The largest absolute Gasteiger partial charge is 0.456 e. The van der Waals surface area contributed by atoms with Crippen LogP contribution in [0.5, 0.6) is 0 Å². The van der Waals surface area contributed by atoms with Gasteiger partial charge in [-0.3, -0.25) is 0 Å². The van der Waals surface area contributed by atoms with Gasteiger partial charge in [-0.1, -0.05) is 115 Å². The molecular weight excluding hydrogens is 803 g/mol. The molecule has 0 atom stereocenters. The van der Waals surface area contributed by atoms with E-state index in [1.165, 1.54) is 41.7 Å². The maximum Gasteiger partial charge on any atom is 0.164 e. The molecule has 6 nitrogen and oxygen atoms in total. The van der Waals surface area contributed by atoms with Gasteiger partial charge < -0.3 is 13.6 Å². The first kappa shape index (κ1) is 35.2. The van der Waals surface area contributed by atoms with Crippen LogP contribution < -0.4 is 0 Å². The molecule has 0 fully saturated rings. The molecule has 7 heteroatoms. The lowest BCUT2D eigenvalue weighted by Gasteiger charge is -2.13. The van der Waals surface area contributed by atoms with Gasteiger partial charge in [0.25, 0.3) is 0 Å². The van der Waals surface area contributed by atoms with Gasteiger partial charge in [0.1, 0.15) is 11.2 Å². The molecule has 0 bridgehead atoms. The zero-order valence-corrected chi connectivity index (χ0v) is 34.9. The summed E-state index contributed by atoms with van der Waals surface area (Å²) in [6, 6.07) is 70.7. The smallest absolute Gasteiger partial charge is 0.164 e. The number of fused-ring (bicyclic) bond motifs is 13. The first-order chi connectivity index (χ1) is 31.7. The molecule has 5 aromatic heterocycles. The van der Waals surface area contributed by atoms with Gasteiger partial charge >= 0.3 is 0 Å². The summed E-state index contributed by atoms with van der Waals surface area (Å²) in [5.74, 6) is 1.77. The molecule has 14 rings (SSSR count). The number of hydrogen-bond acceptors (Lipinski definition) is 5. The number of aromatic nitrogens is 5. The van der Waals surface area contributed by atoms with Crippen LogP contribution in [-0.4, -0.2) is 24.1 Å². The van der Waals surface area contributed by atoms with Crippen molar-refractivity contribution in [1.82, 2.24) is 24.1 Å². The Bertz CT molecular complexity index is 3940. The second-order valence-corrected chi connectivity index (χ2v) is 17.5. The zero-order chi connectivity index (χ0) is 41.9. The number of rotatable bonds is 5. The molecule has 9 aromatic carbocycles. The molecule has 0 aliphatic rings. The second kappa shape index (κ2) is 13.6. The van der Waals surface area contributed by atoms with Crippen molar-refractivity contribution in [3.63, 3.8) is 0 Å². The number of para-hydroxylation sites is 4. The van der Waals surface area contributed by atoms with Crippen LogP contribution in [0.3, 0.4) is 0 Å². The molecule has 0 unspecified atom stereocenters. The van der Waals surface area contributed by atoms with E-state index in [1.807, 2.05) is 11.3 Å². The zero-order valence-electron chi connectivity index (χ0n) is 34.1. The lowest BCUT2D eigenvalue weighted by Crippen LogP contribution is -2.02. The highest BCUT2D eigenvalue weighted by Gasteiger charge is 2.20. The van der Waals surface area contributed by atoms with E-state index < -0.39 is 0 Å². The summed E-state index contributed by atoms with van der Waals surface area (Å²) in [6.07, 6.45) is 0. The van der Waals surface area contributed by atoms with Crippen LogP contribution in [0.1, 0.15) is 0 Å². The van der Waals surface area contributed by atoms with Crippen molar-refractivity contribution in [2.24, 2.45) is 0 Å². The highest BCUT2D eigenvalue weighted by atomic mass is 32.1. The summed E-state index contributed by atoms with van der Waals surface area (Å²) in [5, 5.41) is 9.45. The highest BCUT2D eigenvalue weighted by molar-refractivity contribution is 7.26. The first-order valence-corrected chi connectivity index (χ1v) is 22.2. The Balaban J connectivity index is 0.991. The normalized spacial score (nSPS) is 12.1. The molecule has 0 saturated heterocycles. The fourth-order valence-electron chi connectivity index (χ4n) is 9.95. The molecule has 0 aliphatic heterocycles. The average Bonchev–Trinajstić information content (AvgIpc) is 4.11. The maximum atomic E-state index is 6.52. The fraction of sp³-hybridized carbons (Fsp3) is 0. The number of furan rings is 1. The summed E-state index contributed by atoms with van der Waals surface area (Å²) >= 11 is 1.81. The Morgan fingerprint density at radius 1 is 0.328 bits per heavy atom. The molecule has 0 radical (unpaired) electrons. The third-order valence-corrected chi connectivity index (χ3v) is 13.9. The van der Waals surface area contributed by atoms with Crippen molar-refractivity contribution in [3.05, 3.63) is 200 Å². The number of hydrogen-bond donors (Lipinski definition) is 0. The fourth-order valence-corrected chi connectivity index (χ4v) is 11.1. The number of nitrogens with zero attached hydrogens (tertiary/aromatic N) is 5. The van der Waals surface area contributed by atoms with Crippen LogP contribution >= 0.6 is 11.3 Å². The van der Waals surface area contributed by atoms with E-state index >= 15 is 0 Å². The Morgan fingerprint density at radius 2 is 0.781 bits per heavy atom. The van der Waals surface area contributed by atoms with Crippen molar-refractivity contribution in [2.75, 3.05) is 0 Å². The Kier molecular flexibility index (Phi) is 7.46. The van der Waals surface area contributed by atoms with Crippen molar-refractivity contribution in [2.45, 2.75) is 0 Å². The highest BCUT2D eigenvalue weighted by Crippen LogP contribution is 2.43. The van der Waals surface area contributed by atoms with E-state index in [9.17, 15) is 0 Å². The third-order valence-electron chi connectivity index (χ3n) is 12.8. The van der Waals surface area contributed by atoms with E-state index in [2.05, 4.69) is 209 Å². The molecule has 14 aromatic rings. The van der Waals surface area contributed by atoms with Crippen LogP contribution in [0, 0.1) is 0 Å². The molecule has 0 spiro atoms. The van der Waals surface area contributed by atoms with E-state index in [0.717, 1.165) is 72.1 Å². The van der Waals surface area contributed by atoms with Crippen LogP contribution in [0.2, 0.25) is 0 Å². The van der Waals surface area contributed by atoms with Crippen LogP contribution in [0.25, 0.3) is 131 Å². The van der Waals surface area contributed by atoms with Crippen LogP contribution in [0.15, 0.2) is 205 Å². The molecule has 0 aliphatic carbocycles. The molecular formula is C57H33N5OS. The van der Waals surface area contributed by atoms with Gasteiger partial charge in [-0.25, -0.2) is 15.0 Å². The molecule has 0 N–H and O–H groups in total. The SMILES string of the molecule is c1cc(-c2nc(-c3cccc(-n4c5ccccc5c5ccccc54)c3)nc(-c3ccc4oc5ccc6sc7ccccc7c6c5c4c3)n2)cc(-n2c3ccccc3c3ccccc32)c1. The molecule has 64 heavy (non-hydrogen) atoms. The van der Waals surface area contributed by atoms with E-state index in [1.54, 1.807) is 0 Å². The Hall–Kier alpha value is -8.39. The summed E-state index contributed by atoms with van der Waals surface area (Å²) in [5.41, 5.74) is 11.0. The minimum atomic E-state index is 0.586. The standard InChI is InChI=1S/C57H33N5OS/c1-6-22-45-39(17-1)40-18-2-7-23-46(40)61(45)37-15-11-13-34(31-37)55-58-56(35-14-12-16-38(32-35)62-47-24-8-3-19-41(47)42-20-4-9-25-48(42)62)60-57(59-55)36-27-28-49-44(33-36)53-50(63-49)29-30-52-54(53)43-21-5-10-26-51(43)64-52/h1-33H. The van der Waals surface area contributed by atoms with Gasteiger partial charge in [0.2, 0.25) is 0 Å². The van der Waals surface area contributed by atoms with E-state index in [4.69, 9.17) is 19.4 Å². The van der Waals surface area contributed by atoms with Gasteiger partial charge in [0.05, 0.1) is 22.1 Å². The summed E-state index contributed by atoms with van der Waals surface area (Å²) < 4.78 is 13.7. The summed E-state index contributed by atoms with van der Waals surface area (Å²) in [7, 11) is 0. The van der Waals surface area contributed by atoms with Gasteiger partial charge in [0, 0.05) is 80.6 Å². The van der Waals surface area contributed by atoms with Gasteiger partial charge in [-0.05, 0) is 84.9 Å². The van der Waals surface area contributed by atoms with Crippen molar-refractivity contribution >= 4 is 97.1 Å². The minimum Gasteiger partial charge on any atom is -0.456 e. The van der Waals surface area contributed by atoms with Crippen molar-refractivity contribution < 1.29 is 4.42 Å². The lowest BCUT2D eigenvalue weighted by molar-refractivity contribution is 0.669. The Labute approximate surface area is 369 Å². The maximum absolute atomic E-state index is 6.52. The Morgan fingerprint density at radius 3 is 1.31 bits per heavy atom. The van der Waals surface area contributed by atoms with E-state index in [0.29, 0.717) is 17.5 Å². The third kappa shape index (κ3) is 5.22. The topological polar surface area (TPSA) is 61.7 Å². The number of thiophene rings is 1. The van der Waals surface area contributed by atoms with Crippen molar-refractivity contribution in [1.29, 1.82) is 0 Å². The minimum absolute atomic E-state index is 0.586. The van der Waals surface area contributed by atoms with Gasteiger partial charge in [-0.2, -0.15) is 0 Å². The second-order valence-electron chi connectivity index (χ2n) is 16.4. The van der Waals surface area contributed by atoms with E-state index in [-0.39, 0.29) is 0 Å². The lowest BCUT2D eigenvalue weighted by atomic mass is 10.0. The predicted molar refractivity (Wildman–Crippen MR) is 265 cm³/mol. The van der Waals surface area contributed by atoms with Gasteiger partial charge in [-0.15, -0.1) is 11.3 Å². The van der Waals surface area contributed by atoms with Crippen LogP contribution in [-0.2, 0) is 0 Å². The van der Waals surface area contributed by atoms with Gasteiger partial charge in [0.15, 0.2) is 17.5 Å². The monoisotopic (exact) mass is 835 g/mol. The molecule has 0 saturated carbocycles. The van der Waals surface area contributed by atoms with Crippen molar-refractivity contribution in [3.8, 4) is 45.5 Å². The molecule has 5 heterocycles. The number of benzene rings is 9. The molecule has 0 amide bonds. The van der Waals surface area contributed by atoms with Crippen LogP contribution in [0.4, 0.5) is 0 Å². The first-order valence-electron chi connectivity index (χ1n) is 21.4. The molecule has 298 valence electrons. The quantitative estimate of drug-likeness (QED) is 0.173. The summed E-state index contributed by atoms with van der Waals surface area (Å²) in [6.45, 7) is 0. The predicted octanol–water partition coefficient (Wildman–Crippen LogP) is 15.3.